The highest BCUT2D eigenvalue weighted by Gasteiger charge is 2.47. The molecule has 30 heavy (non-hydrogen) atoms. The van der Waals surface area contributed by atoms with Gasteiger partial charge in [0.05, 0.1) is 0 Å². The zero-order chi connectivity index (χ0) is 21.5. The zero-order valence-corrected chi connectivity index (χ0v) is 17.2. The molecule has 2 aromatic rings. The van der Waals surface area contributed by atoms with Crippen LogP contribution in [0.25, 0.3) is 0 Å². The quantitative estimate of drug-likeness (QED) is 0.778. The van der Waals surface area contributed by atoms with E-state index in [1.54, 1.807) is 30.3 Å². The number of aryl methyl sites for hydroxylation is 1. The summed E-state index contributed by atoms with van der Waals surface area (Å²) in [4.78, 5) is 17.0. The fraction of sp³-hybridized carbons (Fsp3) is 0.375. The minimum Gasteiger partial charge on any atom is -0.322 e. The summed E-state index contributed by atoms with van der Waals surface area (Å²) in [5, 5.41) is 2.74. The Kier molecular flexibility index (Phi) is 5.35. The van der Waals surface area contributed by atoms with Gasteiger partial charge < -0.3 is 10.2 Å². The van der Waals surface area contributed by atoms with Crippen LogP contribution in [0.1, 0.15) is 45.1 Å². The first-order valence-electron chi connectivity index (χ1n) is 10.1. The number of terminal acetylenes is 1. The van der Waals surface area contributed by atoms with Gasteiger partial charge >= 0.3 is 0 Å². The van der Waals surface area contributed by atoms with Crippen LogP contribution in [0.3, 0.4) is 0 Å². The standard InChI is InChI=1S/C24H25F2N3O/c1-4-17-13-18(6-5-16(17)2)23(30)27-19-7-8-20-21(14-19)24(25,26)15-22(20)29-11-9-28(3)10-12-29/h1,5-8,13-14,22H,9-12,15H2,2-3H3,(H,27,30). The molecule has 4 nitrogen and oxygen atoms in total. The van der Waals surface area contributed by atoms with Gasteiger partial charge in [-0.1, -0.05) is 18.1 Å². The molecule has 6 heteroatoms. The summed E-state index contributed by atoms with van der Waals surface area (Å²) >= 11 is 0. The van der Waals surface area contributed by atoms with Crippen molar-refractivity contribution >= 4 is 11.6 Å². The molecule has 1 amide bonds. The lowest BCUT2D eigenvalue weighted by Gasteiger charge is -2.36. The van der Waals surface area contributed by atoms with E-state index in [1.807, 2.05) is 14.0 Å². The fourth-order valence-corrected chi connectivity index (χ4v) is 4.29. The number of likely N-dealkylation sites (N-methyl/N-ethyl adjacent to an activating group) is 1. The van der Waals surface area contributed by atoms with Gasteiger partial charge in [0.15, 0.2) is 0 Å². The molecule has 1 fully saturated rings. The largest absolute Gasteiger partial charge is 0.322 e. The maximum absolute atomic E-state index is 14.8. The molecule has 2 aliphatic rings. The molecule has 0 bridgehead atoms. The Balaban J connectivity index is 1.56. The van der Waals surface area contributed by atoms with Gasteiger partial charge in [0.2, 0.25) is 0 Å². The predicted octanol–water partition coefficient (Wildman–Crippen LogP) is 4.01. The maximum atomic E-state index is 14.8. The van der Waals surface area contributed by atoms with E-state index in [-0.39, 0.29) is 23.9 Å². The van der Waals surface area contributed by atoms with Crippen LogP contribution in [0.5, 0.6) is 0 Å². The van der Waals surface area contributed by atoms with E-state index in [0.717, 1.165) is 31.7 Å². The lowest BCUT2D eigenvalue weighted by Crippen LogP contribution is -2.45. The molecule has 156 valence electrons. The lowest BCUT2D eigenvalue weighted by atomic mass is 10.0. The highest BCUT2D eigenvalue weighted by molar-refractivity contribution is 6.04. The summed E-state index contributed by atoms with van der Waals surface area (Å²) in [6.45, 7) is 5.18. The topological polar surface area (TPSA) is 35.6 Å². The van der Waals surface area contributed by atoms with Crippen LogP contribution < -0.4 is 5.32 Å². The van der Waals surface area contributed by atoms with Crippen LogP contribution in [-0.4, -0.2) is 48.9 Å². The smallest absolute Gasteiger partial charge is 0.275 e. The number of carbonyl (C=O) groups is 1. The SMILES string of the molecule is C#Cc1cc(C(=O)Nc2ccc3c(c2)C(F)(F)CC3N2CCN(C)CC2)ccc1C. The average molecular weight is 409 g/mol. The maximum Gasteiger partial charge on any atom is 0.275 e. The van der Waals surface area contributed by atoms with Crippen LogP contribution in [0.15, 0.2) is 36.4 Å². The van der Waals surface area contributed by atoms with Crippen molar-refractivity contribution in [3.63, 3.8) is 0 Å². The minimum absolute atomic E-state index is 0.0115. The number of anilines is 1. The summed E-state index contributed by atoms with van der Waals surface area (Å²) in [5.41, 5.74) is 2.97. The third-order valence-electron chi connectivity index (χ3n) is 6.15. The number of fused-ring (bicyclic) bond motifs is 1. The molecule has 1 aliphatic carbocycles. The zero-order valence-electron chi connectivity index (χ0n) is 17.2. The van der Waals surface area contributed by atoms with Crippen LogP contribution in [0.4, 0.5) is 14.5 Å². The van der Waals surface area contributed by atoms with E-state index < -0.39 is 5.92 Å². The second-order valence-electron chi connectivity index (χ2n) is 8.19. The van der Waals surface area contributed by atoms with Crippen LogP contribution in [-0.2, 0) is 5.92 Å². The van der Waals surface area contributed by atoms with Gasteiger partial charge in [0.25, 0.3) is 11.8 Å². The molecule has 1 saturated heterocycles. The Morgan fingerprint density at radius 2 is 1.90 bits per heavy atom. The number of hydrogen-bond acceptors (Lipinski definition) is 3. The second-order valence-corrected chi connectivity index (χ2v) is 8.19. The molecule has 1 N–H and O–H groups in total. The van der Waals surface area contributed by atoms with Crippen LogP contribution in [0.2, 0.25) is 0 Å². The van der Waals surface area contributed by atoms with Gasteiger partial charge in [-0.3, -0.25) is 9.69 Å². The Morgan fingerprint density at radius 1 is 1.17 bits per heavy atom. The van der Waals surface area contributed by atoms with Crippen molar-refractivity contribution in [3.8, 4) is 12.3 Å². The summed E-state index contributed by atoms with van der Waals surface area (Å²) in [6.07, 6.45) is 5.26. The van der Waals surface area contributed by atoms with Gasteiger partial charge in [-0.2, -0.15) is 0 Å². The molecular weight excluding hydrogens is 384 g/mol. The first-order valence-corrected chi connectivity index (χ1v) is 10.1. The van der Waals surface area contributed by atoms with Crippen molar-refractivity contribution in [1.29, 1.82) is 0 Å². The Morgan fingerprint density at radius 3 is 2.60 bits per heavy atom. The van der Waals surface area contributed by atoms with E-state index in [0.29, 0.717) is 22.4 Å². The van der Waals surface area contributed by atoms with E-state index >= 15 is 0 Å². The molecule has 0 saturated carbocycles. The molecule has 1 aliphatic heterocycles. The van der Waals surface area contributed by atoms with Crippen molar-refractivity contribution in [2.75, 3.05) is 38.5 Å². The number of piperazine rings is 1. The number of alkyl halides is 2. The Bertz CT molecular complexity index is 1020. The number of benzene rings is 2. The molecule has 0 radical (unpaired) electrons. The molecule has 1 atom stereocenters. The minimum atomic E-state index is -2.91. The van der Waals surface area contributed by atoms with Crippen LogP contribution in [0, 0.1) is 19.3 Å². The van der Waals surface area contributed by atoms with Gasteiger partial charge in [-0.05, 0) is 49.4 Å². The number of rotatable bonds is 3. The Hall–Kier alpha value is -2.75. The number of amides is 1. The fourth-order valence-electron chi connectivity index (χ4n) is 4.29. The van der Waals surface area contributed by atoms with Crippen molar-refractivity contribution in [2.24, 2.45) is 0 Å². The first kappa shape index (κ1) is 20.5. The monoisotopic (exact) mass is 409 g/mol. The molecule has 0 aromatic heterocycles. The van der Waals surface area contributed by atoms with Gasteiger partial charge in [0.1, 0.15) is 0 Å². The summed E-state index contributed by atoms with van der Waals surface area (Å²) in [5.74, 6) is -0.733. The highest BCUT2D eigenvalue weighted by atomic mass is 19.3. The number of halogens is 2. The molecular formula is C24H25F2N3O. The van der Waals surface area contributed by atoms with Gasteiger partial charge in [-0.15, -0.1) is 6.42 Å². The van der Waals surface area contributed by atoms with Crippen molar-refractivity contribution in [2.45, 2.75) is 25.3 Å². The normalized spacial score (nSPS) is 21.1. The number of nitrogens with zero attached hydrogens (tertiary/aromatic N) is 2. The van der Waals surface area contributed by atoms with E-state index in [2.05, 4.69) is 21.0 Å². The van der Waals surface area contributed by atoms with E-state index in [4.69, 9.17) is 6.42 Å². The number of carbonyl (C=O) groups excluding carboxylic acids is 1. The number of hydrogen-bond donors (Lipinski definition) is 1. The summed E-state index contributed by atoms with van der Waals surface area (Å²) < 4.78 is 29.7. The van der Waals surface area contributed by atoms with Crippen molar-refractivity contribution in [3.05, 3.63) is 64.2 Å². The van der Waals surface area contributed by atoms with E-state index in [1.165, 1.54) is 6.07 Å². The van der Waals surface area contributed by atoms with Crippen LogP contribution >= 0.6 is 0 Å². The summed E-state index contributed by atoms with van der Waals surface area (Å²) in [7, 11) is 2.05. The second kappa shape index (κ2) is 7.82. The van der Waals surface area contributed by atoms with Gasteiger partial charge in [0, 0.05) is 61.0 Å². The molecule has 4 rings (SSSR count). The average Bonchev–Trinajstić information content (AvgIpc) is 2.99. The number of nitrogens with one attached hydrogen (secondary N) is 1. The lowest BCUT2D eigenvalue weighted by molar-refractivity contribution is -0.0257. The van der Waals surface area contributed by atoms with Crippen molar-refractivity contribution < 1.29 is 13.6 Å². The third kappa shape index (κ3) is 3.83. The van der Waals surface area contributed by atoms with E-state index in [9.17, 15) is 13.6 Å². The molecule has 1 unspecified atom stereocenters. The molecule has 1 heterocycles. The highest BCUT2D eigenvalue weighted by Crippen LogP contribution is 2.50. The summed E-state index contributed by atoms with van der Waals surface area (Å²) in [6, 6.07) is 9.66. The predicted molar refractivity (Wildman–Crippen MR) is 114 cm³/mol. The molecule has 2 aromatic carbocycles. The Labute approximate surface area is 175 Å². The first-order chi connectivity index (χ1) is 14.3. The third-order valence-corrected chi connectivity index (χ3v) is 6.15. The van der Waals surface area contributed by atoms with Gasteiger partial charge in [-0.25, -0.2) is 8.78 Å². The molecule has 0 spiro atoms. The van der Waals surface area contributed by atoms with Crippen molar-refractivity contribution in [1.82, 2.24) is 9.80 Å².